The van der Waals surface area contributed by atoms with Crippen LogP contribution in [0.4, 0.5) is 0 Å². The van der Waals surface area contributed by atoms with Gasteiger partial charge in [-0.3, -0.25) is 0 Å². The smallest absolute Gasteiger partial charge is 0.344 e. The first-order valence-electron chi connectivity index (χ1n) is 7.96. The third-order valence-corrected chi connectivity index (χ3v) is 3.59. The standard InChI is InChI=1S/C18H26O4/c1-5-20-17(19)12-21-14-8-9-15(18(2,3)4)16(10-14)22-11-13-6-7-13/h8-10,13H,5-7,11-12H2,1-4H3. The van der Waals surface area contributed by atoms with E-state index in [2.05, 4.69) is 20.8 Å². The van der Waals surface area contributed by atoms with Crippen molar-refractivity contribution in [2.24, 2.45) is 5.92 Å². The zero-order valence-electron chi connectivity index (χ0n) is 14.0. The third-order valence-electron chi connectivity index (χ3n) is 3.59. The monoisotopic (exact) mass is 306 g/mol. The van der Waals surface area contributed by atoms with Gasteiger partial charge in [0.15, 0.2) is 6.61 Å². The molecule has 4 nitrogen and oxygen atoms in total. The van der Waals surface area contributed by atoms with Gasteiger partial charge in [-0.05, 0) is 42.7 Å². The van der Waals surface area contributed by atoms with Crippen molar-refractivity contribution in [1.82, 2.24) is 0 Å². The normalized spacial score (nSPS) is 14.5. The SMILES string of the molecule is CCOC(=O)COc1ccc(C(C)(C)C)c(OCC2CC2)c1. The lowest BCUT2D eigenvalue weighted by Gasteiger charge is -2.23. The van der Waals surface area contributed by atoms with Gasteiger partial charge < -0.3 is 14.2 Å². The second-order valence-electron chi connectivity index (χ2n) is 6.76. The van der Waals surface area contributed by atoms with Crippen molar-refractivity contribution in [3.05, 3.63) is 23.8 Å². The van der Waals surface area contributed by atoms with Crippen LogP contribution in [0.5, 0.6) is 11.5 Å². The van der Waals surface area contributed by atoms with Crippen LogP contribution >= 0.6 is 0 Å². The van der Waals surface area contributed by atoms with E-state index in [9.17, 15) is 4.79 Å². The highest BCUT2D eigenvalue weighted by molar-refractivity contribution is 5.71. The molecule has 0 aromatic heterocycles. The molecule has 1 saturated carbocycles. The zero-order valence-corrected chi connectivity index (χ0v) is 14.0. The van der Waals surface area contributed by atoms with Crippen LogP contribution in [-0.4, -0.2) is 25.8 Å². The van der Waals surface area contributed by atoms with Crippen molar-refractivity contribution < 1.29 is 19.0 Å². The van der Waals surface area contributed by atoms with Crippen molar-refractivity contribution in [3.63, 3.8) is 0 Å². The Morgan fingerprint density at radius 1 is 1.23 bits per heavy atom. The molecule has 4 heteroatoms. The summed E-state index contributed by atoms with van der Waals surface area (Å²) in [6.07, 6.45) is 2.51. The molecule has 1 fully saturated rings. The van der Waals surface area contributed by atoms with E-state index in [0.717, 1.165) is 17.9 Å². The number of hydrogen-bond acceptors (Lipinski definition) is 4. The molecule has 22 heavy (non-hydrogen) atoms. The average molecular weight is 306 g/mol. The lowest BCUT2D eigenvalue weighted by atomic mass is 9.86. The van der Waals surface area contributed by atoms with Gasteiger partial charge in [-0.25, -0.2) is 4.79 Å². The molecule has 0 amide bonds. The number of carbonyl (C=O) groups is 1. The van der Waals surface area contributed by atoms with Crippen LogP contribution in [0.1, 0.15) is 46.1 Å². The molecule has 1 aliphatic rings. The Hall–Kier alpha value is -1.71. The van der Waals surface area contributed by atoms with Crippen LogP contribution in [0.2, 0.25) is 0 Å². The highest BCUT2D eigenvalue weighted by Crippen LogP contribution is 2.36. The minimum absolute atomic E-state index is 0.00143. The van der Waals surface area contributed by atoms with E-state index in [1.54, 1.807) is 6.92 Å². The van der Waals surface area contributed by atoms with Crippen molar-refractivity contribution in [3.8, 4) is 11.5 Å². The number of benzene rings is 1. The lowest BCUT2D eigenvalue weighted by Crippen LogP contribution is -2.16. The van der Waals surface area contributed by atoms with E-state index in [4.69, 9.17) is 14.2 Å². The second kappa shape index (κ2) is 7.03. The Labute approximate surface area is 132 Å². The van der Waals surface area contributed by atoms with Gasteiger partial charge in [-0.1, -0.05) is 26.8 Å². The Kier molecular flexibility index (Phi) is 5.33. The average Bonchev–Trinajstić information content (AvgIpc) is 3.26. The predicted octanol–water partition coefficient (Wildman–Crippen LogP) is 3.71. The predicted molar refractivity (Wildman–Crippen MR) is 85.5 cm³/mol. The summed E-state index contributed by atoms with van der Waals surface area (Å²) in [6.45, 7) is 9.29. The molecule has 0 bridgehead atoms. The molecule has 0 atom stereocenters. The Morgan fingerprint density at radius 2 is 1.95 bits per heavy atom. The molecule has 0 heterocycles. The molecule has 0 spiro atoms. The maximum Gasteiger partial charge on any atom is 0.344 e. The van der Waals surface area contributed by atoms with Crippen LogP contribution in [0, 0.1) is 5.92 Å². The molecule has 1 aliphatic carbocycles. The molecule has 0 N–H and O–H groups in total. The summed E-state index contributed by atoms with van der Waals surface area (Å²) in [5.74, 6) is 1.81. The summed E-state index contributed by atoms with van der Waals surface area (Å²) in [5, 5.41) is 0. The summed E-state index contributed by atoms with van der Waals surface area (Å²) in [4.78, 5) is 11.4. The van der Waals surface area contributed by atoms with Crippen molar-refractivity contribution in [2.75, 3.05) is 19.8 Å². The summed E-state index contributed by atoms with van der Waals surface area (Å²) < 4.78 is 16.3. The first-order valence-corrected chi connectivity index (χ1v) is 7.96. The Balaban J connectivity index is 2.07. The quantitative estimate of drug-likeness (QED) is 0.720. The summed E-state index contributed by atoms with van der Waals surface area (Å²) in [5.41, 5.74) is 1.15. The van der Waals surface area contributed by atoms with Crippen LogP contribution < -0.4 is 9.47 Å². The molecule has 122 valence electrons. The maximum absolute atomic E-state index is 11.4. The molecule has 2 rings (SSSR count). The number of rotatable bonds is 7. The van der Waals surface area contributed by atoms with Crippen LogP contribution in [0.25, 0.3) is 0 Å². The minimum atomic E-state index is -0.358. The molecule has 0 aliphatic heterocycles. The van der Waals surface area contributed by atoms with Gasteiger partial charge in [-0.2, -0.15) is 0 Å². The Morgan fingerprint density at radius 3 is 2.55 bits per heavy atom. The maximum atomic E-state index is 11.4. The lowest BCUT2D eigenvalue weighted by molar-refractivity contribution is -0.145. The molecular weight excluding hydrogens is 280 g/mol. The van der Waals surface area contributed by atoms with Gasteiger partial charge in [0.2, 0.25) is 0 Å². The van der Waals surface area contributed by atoms with E-state index >= 15 is 0 Å². The van der Waals surface area contributed by atoms with E-state index in [1.165, 1.54) is 12.8 Å². The van der Waals surface area contributed by atoms with E-state index in [0.29, 0.717) is 18.3 Å². The fourth-order valence-corrected chi connectivity index (χ4v) is 2.17. The minimum Gasteiger partial charge on any atom is -0.493 e. The number of hydrogen-bond donors (Lipinski definition) is 0. The Bertz CT molecular complexity index is 512. The third kappa shape index (κ3) is 4.93. The fourth-order valence-electron chi connectivity index (χ4n) is 2.17. The number of ether oxygens (including phenoxy) is 3. The van der Waals surface area contributed by atoms with Crippen LogP contribution in [0.15, 0.2) is 18.2 Å². The van der Waals surface area contributed by atoms with Gasteiger partial charge in [0.05, 0.1) is 13.2 Å². The largest absolute Gasteiger partial charge is 0.493 e. The zero-order chi connectivity index (χ0) is 16.2. The fraction of sp³-hybridized carbons (Fsp3) is 0.611. The molecule has 0 saturated heterocycles. The molecule has 1 aromatic carbocycles. The number of carbonyl (C=O) groups excluding carboxylic acids is 1. The van der Waals surface area contributed by atoms with Gasteiger partial charge in [0, 0.05) is 6.07 Å². The first-order chi connectivity index (χ1) is 10.4. The van der Waals surface area contributed by atoms with Crippen molar-refractivity contribution in [1.29, 1.82) is 0 Å². The number of esters is 1. The van der Waals surface area contributed by atoms with E-state index < -0.39 is 0 Å². The molecular formula is C18H26O4. The summed E-state index contributed by atoms with van der Waals surface area (Å²) in [6, 6.07) is 5.77. The summed E-state index contributed by atoms with van der Waals surface area (Å²) in [7, 11) is 0. The van der Waals surface area contributed by atoms with Crippen molar-refractivity contribution >= 4 is 5.97 Å². The molecule has 0 unspecified atom stereocenters. The molecule has 1 aromatic rings. The van der Waals surface area contributed by atoms with Crippen LogP contribution in [0.3, 0.4) is 0 Å². The van der Waals surface area contributed by atoms with Gasteiger partial charge >= 0.3 is 5.97 Å². The van der Waals surface area contributed by atoms with Crippen molar-refractivity contribution in [2.45, 2.75) is 46.0 Å². The highest BCUT2D eigenvalue weighted by Gasteiger charge is 2.24. The van der Waals surface area contributed by atoms with Gasteiger partial charge in [0.1, 0.15) is 11.5 Å². The van der Waals surface area contributed by atoms with E-state index in [-0.39, 0.29) is 18.0 Å². The second-order valence-corrected chi connectivity index (χ2v) is 6.76. The molecule has 0 radical (unpaired) electrons. The highest BCUT2D eigenvalue weighted by atomic mass is 16.6. The summed E-state index contributed by atoms with van der Waals surface area (Å²) >= 11 is 0. The topological polar surface area (TPSA) is 44.8 Å². The van der Waals surface area contributed by atoms with Gasteiger partial charge in [-0.15, -0.1) is 0 Å². The first kappa shape index (κ1) is 16.7. The van der Waals surface area contributed by atoms with E-state index in [1.807, 2.05) is 18.2 Å². The van der Waals surface area contributed by atoms with Gasteiger partial charge in [0.25, 0.3) is 0 Å². The van der Waals surface area contributed by atoms with Crippen LogP contribution in [-0.2, 0) is 14.9 Å².